The van der Waals surface area contributed by atoms with Gasteiger partial charge in [-0.05, 0) is 46.2 Å². The zero-order chi connectivity index (χ0) is 13.8. The van der Waals surface area contributed by atoms with Crippen molar-refractivity contribution >= 4 is 23.6 Å². The van der Waals surface area contributed by atoms with Gasteiger partial charge in [0.1, 0.15) is 5.58 Å². The van der Waals surface area contributed by atoms with E-state index in [0.717, 1.165) is 16.4 Å². The summed E-state index contributed by atoms with van der Waals surface area (Å²) < 4.78 is 17.8. The van der Waals surface area contributed by atoms with Crippen LogP contribution in [0.3, 0.4) is 0 Å². The van der Waals surface area contributed by atoms with Crippen LogP contribution in [0, 0.1) is 6.92 Å². The summed E-state index contributed by atoms with van der Waals surface area (Å²) in [6.45, 7) is 10.3. The Labute approximate surface area is 114 Å². The van der Waals surface area contributed by atoms with Gasteiger partial charge in [-0.3, -0.25) is 0 Å². The molecular weight excluding hydrogens is 239 g/mol. The molecule has 2 aromatic rings. The molecule has 3 nitrogen and oxygen atoms in total. The van der Waals surface area contributed by atoms with Gasteiger partial charge in [0.05, 0.1) is 17.5 Å². The van der Waals surface area contributed by atoms with Crippen LogP contribution in [0.1, 0.15) is 33.3 Å². The molecule has 1 aromatic heterocycles. The van der Waals surface area contributed by atoms with Crippen molar-refractivity contribution in [3.8, 4) is 0 Å². The van der Waals surface area contributed by atoms with Crippen LogP contribution in [-0.2, 0) is 9.31 Å². The van der Waals surface area contributed by atoms with E-state index < -0.39 is 0 Å². The fourth-order valence-corrected chi connectivity index (χ4v) is 2.38. The molecule has 4 heteroatoms. The van der Waals surface area contributed by atoms with Gasteiger partial charge >= 0.3 is 7.12 Å². The van der Waals surface area contributed by atoms with Crippen molar-refractivity contribution in [1.29, 1.82) is 0 Å². The maximum Gasteiger partial charge on any atom is 0.498 e. The Morgan fingerprint density at radius 3 is 2.21 bits per heavy atom. The molecule has 0 saturated carbocycles. The Morgan fingerprint density at radius 2 is 1.58 bits per heavy atom. The maximum atomic E-state index is 6.09. The normalized spacial score (nSPS) is 21.2. The van der Waals surface area contributed by atoms with Crippen LogP contribution in [0.2, 0.25) is 0 Å². The quantitative estimate of drug-likeness (QED) is 0.737. The predicted molar refractivity (Wildman–Crippen MR) is 76.7 cm³/mol. The molecule has 0 atom stereocenters. The van der Waals surface area contributed by atoms with Crippen molar-refractivity contribution in [2.75, 3.05) is 0 Å². The van der Waals surface area contributed by atoms with Gasteiger partial charge in [-0.2, -0.15) is 0 Å². The van der Waals surface area contributed by atoms with Gasteiger partial charge in [0.2, 0.25) is 0 Å². The monoisotopic (exact) mass is 258 g/mol. The molecule has 100 valence electrons. The molecule has 0 amide bonds. The van der Waals surface area contributed by atoms with Gasteiger partial charge in [-0.25, -0.2) is 0 Å². The molecule has 1 saturated heterocycles. The van der Waals surface area contributed by atoms with Crippen molar-refractivity contribution in [2.24, 2.45) is 0 Å². The first kappa shape index (κ1) is 12.8. The molecule has 0 N–H and O–H groups in total. The second-order valence-corrected chi connectivity index (χ2v) is 6.22. The van der Waals surface area contributed by atoms with E-state index in [9.17, 15) is 0 Å². The fourth-order valence-electron chi connectivity index (χ4n) is 2.38. The van der Waals surface area contributed by atoms with E-state index in [1.165, 1.54) is 5.56 Å². The Kier molecular flexibility index (Phi) is 2.60. The zero-order valence-electron chi connectivity index (χ0n) is 12.1. The lowest BCUT2D eigenvalue weighted by Crippen LogP contribution is -2.41. The summed E-state index contributed by atoms with van der Waals surface area (Å²) in [6, 6.07) is 6.10. The van der Waals surface area contributed by atoms with Crippen LogP contribution in [0.5, 0.6) is 0 Å². The minimum absolute atomic E-state index is 0.332. The highest BCUT2D eigenvalue weighted by Gasteiger charge is 2.52. The van der Waals surface area contributed by atoms with Gasteiger partial charge < -0.3 is 13.7 Å². The summed E-state index contributed by atoms with van der Waals surface area (Å²) in [5, 5.41) is 1.12. The van der Waals surface area contributed by atoms with E-state index in [-0.39, 0.29) is 18.3 Å². The number of hydrogen-bond acceptors (Lipinski definition) is 3. The average molecular weight is 258 g/mol. The molecule has 1 aliphatic heterocycles. The fraction of sp³-hybridized carbons (Fsp3) is 0.467. The van der Waals surface area contributed by atoms with E-state index in [4.69, 9.17) is 13.7 Å². The van der Waals surface area contributed by atoms with Crippen LogP contribution < -0.4 is 5.46 Å². The molecule has 0 aliphatic carbocycles. The van der Waals surface area contributed by atoms with Crippen LogP contribution in [0.25, 0.3) is 11.0 Å². The first-order valence-corrected chi connectivity index (χ1v) is 6.64. The molecular formula is C15H19BO3. The first-order chi connectivity index (χ1) is 8.82. The highest BCUT2D eigenvalue weighted by atomic mass is 16.7. The molecule has 2 heterocycles. The summed E-state index contributed by atoms with van der Waals surface area (Å²) in [7, 11) is -0.376. The van der Waals surface area contributed by atoms with E-state index in [1.807, 2.05) is 12.1 Å². The third-order valence-corrected chi connectivity index (χ3v) is 4.37. The second-order valence-electron chi connectivity index (χ2n) is 6.22. The summed E-state index contributed by atoms with van der Waals surface area (Å²) in [4.78, 5) is 0. The summed E-state index contributed by atoms with van der Waals surface area (Å²) in [6.07, 6.45) is 1.71. The predicted octanol–water partition coefficient (Wildman–Crippen LogP) is 3.04. The first-order valence-electron chi connectivity index (χ1n) is 6.64. The molecule has 3 rings (SSSR count). The van der Waals surface area contributed by atoms with Crippen molar-refractivity contribution < 1.29 is 13.7 Å². The highest BCUT2D eigenvalue weighted by Crippen LogP contribution is 2.37. The van der Waals surface area contributed by atoms with E-state index in [2.05, 4.69) is 40.7 Å². The zero-order valence-corrected chi connectivity index (χ0v) is 12.1. The SMILES string of the molecule is Cc1ccc(B2OC(C)(C)C(C)(C)O2)c2occc12. The summed E-state index contributed by atoms with van der Waals surface area (Å²) >= 11 is 0. The average Bonchev–Trinajstić information content (AvgIpc) is 2.84. The number of hydrogen-bond donors (Lipinski definition) is 0. The Morgan fingerprint density at radius 1 is 0.947 bits per heavy atom. The molecule has 19 heavy (non-hydrogen) atoms. The third-order valence-electron chi connectivity index (χ3n) is 4.37. The van der Waals surface area contributed by atoms with Crippen molar-refractivity contribution in [2.45, 2.75) is 45.8 Å². The minimum Gasteiger partial charge on any atom is -0.465 e. The highest BCUT2D eigenvalue weighted by molar-refractivity contribution is 6.64. The van der Waals surface area contributed by atoms with Crippen molar-refractivity contribution in [3.63, 3.8) is 0 Å². The Bertz CT molecular complexity index is 611. The molecule has 1 aliphatic rings. The van der Waals surface area contributed by atoms with Crippen LogP contribution >= 0.6 is 0 Å². The largest absolute Gasteiger partial charge is 0.498 e. The maximum absolute atomic E-state index is 6.09. The van der Waals surface area contributed by atoms with E-state index in [0.29, 0.717) is 0 Å². The molecule has 0 unspecified atom stereocenters. The number of aryl methyl sites for hydroxylation is 1. The lowest BCUT2D eigenvalue weighted by atomic mass is 9.77. The van der Waals surface area contributed by atoms with Gasteiger partial charge in [0.15, 0.2) is 0 Å². The van der Waals surface area contributed by atoms with E-state index in [1.54, 1.807) is 6.26 Å². The molecule has 1 aromatic carbocycles. The minimum atomic E-state index is -0.376. The van der Waals surface area contributed by atoms with Crippen LogP contribution in [0.15, 0.2) is 28.9 Å². The Balaban J connectivity index is 2.08. The van der Waals surface area contributed by atoms with Crippen LogP contribution in [-0.4, -0.2) is 18.3 Å². The lowest BCUT2D eigenvalue weighted by Gasteiger charge is -2.32. The second kappa shape index (κ2) is 3.87. The molecule has 1 fully saturated rings. The number of benzene rings is 1. The molecule has 0 bridgehead atoms. The van der Waals surface area contributed by atoms with Gasteiger partial charge in [-0.15, -0.1) is 0 Å². The summed E-state index contributed by atoms with van der Waals surface area (Å²) in [5.74, 6) is 0. The van der Waals surface area contributed by atoms with Crippen molar-refractivity contribution in [1.82, 2.24) is 0 Å². The third kappa shape index (κ3) is 1.82. The molecule has 0 spiro atoms. The van der Waals surface area contributed by atoms with Crippen molar-refractivity contribution in [3.05, 3.63) is 30.0 Å². The number of rotatable bonds is 1. The molecule has 0 radical (unpaired) electrons. The lowest BCUT2D eigenvalue weighted by molar-refractivity contribution is 0.00578. The van der Waals surface area contributed by atoms with Gasteiger partial charge in [0, 0.05) is 10.8 Å². The Hall–Kier alpha value is -1.26. The van der Waals surface area contributed by atoms with Gasteiger partial charge in [-0.1, -0.05) is 12.1 Å². The number of fused-ring (bicyclic) bond motifs is 1. The van der Waals surface area contributed by atoms with E-state index >= 15 is 0 Å². The number of furan rings is 1. The standard InChI is InChI=1S/C15H19BO3/c1-10-6-7-12(13-11(10)8-9-17-13)16-18-14(2,3)15(4,5)19-16/h6-9H,1-5H3. The van der Waals surface area contributed by atoms with Crippen LogP contribution in [0.4, 0.5) is 0 Å². The van der Waals surface area contributed by atoms with Gasteiger partial charge in [0.25, 0.3) is 0 Å². The summed E-state index contributed by atoms with van der Waals surface area (Å²) in [5.41, 5.74) is 2.36. The smallest absolute Gasteiger partial charge is 0.465 e. The topological polar surface area (TPSA) is 31.6 Å².